The van der Waals surface area contributed by atoms with Gasteiger partial charge in [-0.2, -0.15) is 0 Å². The van der Waals surface area contributed by atoms with E-state index in [0.29, 0.717) is 10.8 Å². The maximum Gasteiger partial charge on any atom is 0.288 e. The van der Waals surface area contributed by atoms with Crippen LogP contribution in [0.15, 0.2) is 18.2 Å². The summed E-state index contributed by atoms with van der Waals surface area (Å²) in [6, 6.07) is 4.50. The van der Waals surface area contributed by atoms with Gasteiger partial charge in [-0.15, -0.1) is 0 Å². The summed E-state index contributed by atoms with van der Waals surface area (Å²) in [5.74, 6) is -0.285. The number of benzene rings is 1. The number of carbonyl (C=O) groups is 3. The van der Waals surface area contributed by atoms with Crippen molar-refractivity contribution in [3.05, 3.63) is 33.8 Å². The lowest BCUT2D eigenvalue weighted by atomic mass is 10.1. The van der Waals surface area contributed by atoms with E-state index >= 15 is 0 Å². The SMILES string of the molecule is O=C(CN1C(=O)CCSC1=O)c1cc(Cl)ccc1Cl. The Morgan fingerprint density at radius 2 is 2.05 bits per heavy atom. The van der Waals surface area contributed by atoms with E-state index in [4.69, 9.17) is 23.2 Å². The lowest BCUT2D eigenvalue weighted by Crippen LogP contribution is -2.41. The molecule has 7 heteroatoms. The molecule has 100 valence electrons. The van der Waals surface area contributed by atoms with Crippen LogP contribution in [-0.4, -0.2) is 34.1 Å². The molecule has 1 aliphatic heterocycles. The third-order valence-electron chi connectivity index (χ3n) is 2.59. The van der Waals surface area contributed by atoms with Crippen LogP contribution in [0.2, 0.25) is 10.0 Å². The van der Waals surface area contributed by atoms with Crippen LogP contribution in [0, 0.1) is 0 Å². The first kappa shape index (κ1) is 14.4. The smallest absolute Gasteiger partial charge is 0.288 e. The fourth-order valence-electron chi connectivity index (χ4n) is 1.63. The number of imide groups is 1. The van der Waals surface area contributed by atoms with Gasteiger partial charge >= 0.3 is 0 Å². The van der Waals surface area contributed by atoms with Gasteiger partial charge in [0, 0.05) is 22.8 Å². The summed E-state index contributed by atoms with van der Waals surface area (Å²) in [6.07, 6.45) is 0.257. The number of thioether (sulfide) groups is 1. The highest BCUT2D eigenvalue weighted by molar-refractivity contribution is 8.13. The number of carbonyl (C=O) groups excluding carboxylic acids is 3. The summed E-state index contributed by atoms with van der Waals surface area (Å²) in [6.45, 7) is -0.301. The molecule has 1 fully saturated rings. The van der Waals surface area contributed by atoms with Crippen LogP contribution in [0.4, 0.5) is 4.79 Å². The largest absolute Gasteiger partial charge is 0.292 e. The Labute approximate surface area is 124 Å². The lowest BCUT2D eigenvalue weighted by Gasteiger charge is -2.23. The maximum absolute atomic E-state index is 12.1. The molecule has 19 heavy (non-hydrogen) atoms. The van der Waals surface area contributed by atoms with Gasteiger partial charge in [-0.05, 0) is 18.2 Å². The van der Waals surface area contributed by atoms with E-state index in [0.717, 1.165) is 16.7 Å². The molecule has 1 saturated heterocycles. The van der Waals surface area contributed by atoms with Gasteiger partial charge in [-0.3, -0.25) is 19.3 Å². The van der Waals surface area contributed by atoms with Crippen molar-refractivity contribution in [1.82, 2.24) is 4.90 Å². The van der Waals surface area contributed by atoms with Crippen molar-refractivity contribution in [3.63, 3.8) is 0 Å². The minimum Gasteiger partial charge on any atom is -0.292 e. The zero-order valence-electron chi connectivity index (χ0n) is 9.69. The van der Waals surface area contributed by atoms with Crippen molar-refractivity contribution >= 4 is 51.9 Å². The van der Waals surface area contributed by atoms with E-state index in [-0.39, 0.29) is 29.5 Å². The summed E-state index contributed by atoms with van der Waals surface area (Å²) in [5.41, 5.74) is 0.213. The van der Waals surface area contributed by atoms with Gasteiger partial charge in [0.05, 0.1) is 11.6 Å². The number of hydrogen-bond donors (Lipinski definition) is 0. The molecule has 2 rings (SSSR count). The Bertz CT molecular complexity index is 546. The highest BCUT2D eigenvalue weighted by Gasteiger charge is 2.29. The number of ketones is 1. The summed E-state index contributed by atoms with van der Waals surface area (Å²) in [7, 11) is 0. The Hall–Kier alpha value is -1.04. The van der Waals surface area contributed by atoms with E-state index in [9.17, 15) is 14.4 Å². The average Bonchev–Trinajstić information content (AvgIpc) is 2.37. The first-order chi connectivity index (χ1) is 8.99. The molecule has 0 saturated carbocycles. The quantitative estimate of drug-likeness (QED) is 0.803. The molecule has 0 aliphatic carbocycles. The molecule has 4 nitrogen and oxygen atoms in total. The van der Waals surface area contributed by atoms with Crippen molar-refractivity contribution < 1.29 is 14.4 Å². The minimum absolute atomic E-state index is 0.213. The molecule has 0 unspecified atom stereocenters. The molecule has 1 aromatic carbocycles. The Kier molecular flexibility index (Phi) is 4.50. The van der Waals surface area contributed by atoms with Crippen LogP contribution >= 0.6 is 35.0 Å². The van der Waals surface area contributed by atoms with Crippen LogP contribution < -0.4 is 0 Å². The summed E-state index contributed by atoms with van der Waals surface area (Å²) < 4.78 is 0. The van der Waals surface area contributed by atoms with Gasteiger partial charge in [0.2, 0.25) is 5.91 Å². The summed E-state index contributed by atoms with van der Waals surface area (Å²) in [5, 5.41) is 0.222. The fraction of sp³-hybridized carbons (Fsp3) is 0.250. The third-order valence-corrected chi connectivity index (χ3v) is 4.03. The maximum atomic E-state index is 12.1. The van der Waals surface area contributed by atoms with Gasteiger partial charge in [0.15, 0.2) is 5.78 Å². The first-order valence-corrected chi connectivity index (χ1v) is 7.18. The molecule has 2 amide bonds. The number of halogens is 2. The lowest BCUT2D eigenvalue weighted by molar-refractivity contribution is -0.127. The Morgan fingerprint density at radius 3 is 2.74 bits per heavy atom. The Morgan fingerprint density at radius 1 is 1.32 bits per heavy atom. The fourth-order valence-corrected chi connectivity index (χ4v) is 2.80. The molecule has 0 atom stereocenters. The molecular formula is C12H9Cl2NO3S. The van der Waals surface area contributed by atoms with Crippen LogP contribution in [0.5, 0.6) is 0 Å². The number of hydrogen-bond acceptors (Lipinski definition) is 4. The molecule has 0 bridgehead atoms. The van der Waals surface area contributed by atoms with Gasteiger partial charge in [0.1, 0.15) is 0 Å². The van der Waals surface area contributed by atoms with E-state index in [1.165, 1.54) is 12.1 Å². The molecule has 0 N–H and O–H groups in total. The van der Waals surface area contributed by atoms with Crippen molar-refractivity contribution in [2.24, 2.45) is 0 Å². The second-order valence-electron chi connectivity index (χ2n) is 3.89. The van der Waals surface area contributed by atoms with Crippen LogP contribution in [0.25, 0.3) is 0 Å². The molecule has 1 aromatic rings. The molecule has 0 radical (unpaired) electrons. The van der Waals surface area contributed by atoms with Gasteiger partial charge < -0.3 is 0 Å². The van der Waals surface area contributed by atoms with Crippen LogP contribution in [0.1, 0.15) is 16.8 Å². The molecule has 1 aliphatic rings. The number of Topliss-reactive ketones (excluding diaryl/α,β-unsaturated/α-hetero) is 1. The van der Waals surface area contributed by atoms with E-state index in [2.05, 4.69) is 0 Å². The number of nitrogens with zero attached hydrogens (tertiary/aromatic N) is 1. The topological polar surface area (TPSA) is 54.5 Å². The zero-order chi connectivity index (χ0) is 14.0. The second-order valence-corrected chi connectivity index (χ2v) is 5.78. The predicted molar refractivity (Wildman–Crippen MR) is 75.0 cm³/mol. The van der Waals surface area contributed by atoms with E-state index in [1.807, 2.05) is 0 Å². The molecule has 0 aromatic heterocycles. The second kappa shape index (κ2) is 5.94. The van der Waals surface area contributed by atoms with Gasteiger partial charge in [-0.1, -0.05) is 35.0 Å². The standard InChI is InChI=1S/C12H9Cl2NO3S/c13-7-1-2-9(14)8(5-7)10(16)6-15-11(17)3-4-19-12(15)18/h1-2,5H,3-4,6H2. The van der Waals surface area contributed by atoms with Crippen molar-refractivity contribution in [3.8, 4) is 0 Å². The average molecular weight is 318 g/mol. The Balaban J connectivity index is 2.18. The normalized spacial score (nSPS) is 15.8. The van der Waals surface area contributed by atoms with Crippen molar-refractivity contribution in [1.29, 1.82) is 0 Å². The van der Waals surface area contributed by atoms with Gasteiger partial charge in [-0.25, -0.2) is 0 Å². The van der Waals surface area contributed by atoms with E-state index in [1.54, 1.807) is 6.07 Å². The zero-order valence-corrected chi connectivity index (χ0v) is 12.0. The summed E-state index contributed by atoms with van der Waals surface area (Å²) in [4.78, 5) is 36.2. The van der Waals surface area contributed by atoms with Gasteiger partial charge in [0.25, 0.3) is 5.24 Å². The molecule has 1 heterocycles. The van der Waals surface area contributed by atoms with Crippen LogP contribution in [-0.2, 0) is 4.79 Å². The third kappa shape index (κ3) is 3.29. The van der Waals surface area contributed by atoms with E-state index < -0.39 is 11.0 Å². The predicted octanol–water partition coefficient (Wildman–Crippen LogP) is 3.26. The monoisotopic (exact) mass is 317 g/mol. The molecular weight excluding hydrogens is 309 g/mol. The molecule has 0 spiro atoms. The first-order valence-electron chi connectivity index (χ1n) is 5.44. The van der Waals surface area contributed by atoms with Crippen molar-refractivity contribution in [2.45, 2.75) is 6.42 Å². The van der Waals surface area contributed by atoms with Crippen LogP contribution in [0.3, 0.4) is 0 Å². The number of amides is 2. The highest BCUT2D eigenvalue weighted by atomic mass is 35.5. The van der Waals surface area contributed by atoms with Crippen molar-refractivity contribution in [2.75, 3.05) is 12.3 Å². The highest BCUT2D eigenvalue weighted by Crippen LogP contribution is 2.23. The summed E-state index contributed by atoms with van der Waals surface area (Å²) >= 11 is 12.7. The number of rotatable bonds is 3. The minimum atomic E-state index is -0.406.